The first-order valence-corrected chi connectivity index (χ1v) is 8.28. The Morgan fingerprint density at radius 1 is 0.769 bits per heavy atom. The second kappa shape index (κ2) is 5.70. The molecule has 26 heavy (non-hydrogen) atoms. The van der Waals surface area contributed by atoms with E-state index in [1.54, 1.807) is 24.3 Å². The lowest BCUT2D eigenvalue weighted by atomic mass is 10.1. The van der Waals surface area contributed by atoms with E-state index in [0.29, 0.717) is 22.8 Å². The summed E-state index contributed by atoms with van der Waals surface area (Å²) >= 11 is 0. The first-order valence-electron chi connectivity index (χ1n) is 8.28. The molecule has 0 atom stereocenters. The minimum atomic E-state index is -0.168. The quantitative estimate of drug-likeness (QED) is 0.409. The Kier molecular flexibility index (Phi) is 3.22. The molecular weight excluding hydrogens is 326 g/mol. The zero-order valence-electron chi connectivity index (χ0n) is 13.7. The molecule has 3 aromatic carbocycles. The van der Waals surface area contributed by atoms with E-state index < -0.39 is 0 Å². The molecule has 2 heterocycles. The fourth-order valence-corrected chi connectivity index (χ4v) is 3.07. The van der Waals surface area contributed by atoms with Crippen molar-refractivity contribution in [1.82, 2.24) is 4.98 Å². The molecule has 0 aliphatic rings. The molecule has 124 valence electrons. The fourth-order valence-electron chi connectivity index (χ4n) is 3.07. The van der Waals surface area contributed by atoms with Gasteiger partial charge in [0.2, 0.25) is 5.78 Å². The predicted molar refractivity (Wildman–Crippen MR) is 99.1 cm³/mol. The van der Waals surface area contributed by atoms with Crippen LogP contribution in [0.1, 0.15) is 16.1 Å². The van der Waals surface area contributed by atoms with Gasteiger partial charge in [0.25, 0.3) is 5.89 Å². The number of furan rings is 1. The number of benzene rings is 3. The van der Waals surface area contributed by atoms with Crippen molar-refractivity contribution in [3.8, 4) is 11.7 Å². The van der Waals surface area contributed by atoms with Crippen LogP contribution < -0.4 is 0 Å². The van der Waals surface area contributed by atoms with Crippen LogP contribution in [0.15, 0.2) is 87.7 Å². The zero-order valence-corrected chi connectivity index (χ0v) is 13.7. The summed E-state index contributed by atoms with van der Waals surface area (Å²) in [6.07, 6.45) is 0. The number of hydrogen-bond acceptors (Lipinski definition) is 4. The minimum Gasteiger partial charge on any atom is -0.448 e. The van der Waals surface area contributed by atoms with Gasteiger partial charge in [-0.2, -0.15) is 0 Å². The van der Waals surface area contributed by atoms with Gasteiger partial charge in [0.15, 0.2) is 17.1 Å². The van der Waals surface area contributed by atoms with E-state index >= 15 is 0 Å². The number of oxazole rings is 1. The molecule has 0 amide bonds. The number of carbonyl (C=O) groups is 1. The van der Waals surface area contributed by atoms with Crippen molar-refractivity contribution in [3.05, 3.63) is 90.2 Å². The van der Waals surface area contributed by atoms with E-state index in [0.717, 1.165) is 16.3 Å². The Morgan fingerprint density at radius 2 is 1.58 bits per heavy atom. The fraction of sp³-hybridized carbons (Fsp3) is 0. The van der Waals surface area contributed by atoms with Crippen molar-refractivity contribution < 1.29 is 13.6 Å². The van der Waals surface area contributed by atoms with Gasteiger partial charge in [0, 0.05) is 10.9 Å². The van der Waals surface area contributed by atoms with Crippen molar-refractivity contribution in [2.75, 3.05) is 0 Å². The molecule has 0 saturated heterocycles. The van der Waals surface area contributed by atoms with Crippen LogP contribution in [-0.4, -0.2) is 10.8 Å². The molecule has 0 aliphatic heterocycles. The van der Waals surface area contributed by atoms with Gasteiger partial charge in [-0.3, -0.25) is 4.79 Å². The van der Waals surface area contributed by atoms with E-state index in [4.69, 9.17) is 8.83 Å². The lowest BCUT2D eigenvalue weighted by Crippen LogP contribution is -1.98. The molecule has 0 bridgehead atoms. The number of carbonyl (C=O) groups excluding carboxylic acids is 1. The summed E-state index contributed by atoms with van der Waals surface area (Å²) in [6, 6.07) is 24.3. The summed E-state index contributed by atoms with van der Waals surface area (Å²) in [4.78, 5) is 17.0. The van der Waals surface area contributed by atoms with Gasteiger partial charge < -0.3 is 8.83 Å². The van der Waals surface area contributed by atoms with Gasteiger partial charge in [-0.15, -0.1) is 0 Å². The molecular formula is C22H13NO3. The highest BCUT2D eigenvalue weighted by atomic mass is 16.4. The minimum absolute atomic E-state index is 0.168. The third-order valence-electron chi connectivity index (χ3n) is 4.36. The lowest BCUT2D eigenvalue weighted by Gasteiger charge is -1.96. The van der Waals surface area contributed by atoms with Crippen LogP contribution in [0.25, 0.3) is 33.5 Å². The van der Waals surface area contributed by atoms with Crippen LogP contribution in [0.3, 0.4) is 0 Å². The average Bonchev–Trinajstić information content (AvgIpc) is 3.35. The Bertz CT molecular complexity index is 1250. The number of aromatic nitrogens is 1. The Balaban J connectivity index is 1.58. The Hall–Kier alpha value is -3.66. The maximum Gasteiger partial charge on any atom is 0.263 e. The summed E-state index contributed by atoms with van der Waals surface area (Å²) in [5.74, 6) is 0.893. The van der Waals surface area contributed by atoms with Gasteiger partial charge in [-0.05, 0) is 23.6 Å². The van der Waals surface area contributed by atoms with Crippen LogP contribution in [0.2, 0.25) is 0 Å². The molecule has 4 nitrogen and oxygen atoms in total. The Morgan fingerprint density at radius 3 is 2.46 bits per heavy atom. The molecule has 0 spiro atoms. The first kappa shape index (κ1) is 14.7. The number of rotatable bonds is 3. The lowest BCUT2D eigenvalue weighted by molar-refractivity contribution is 0.101. The third-order valence-corrected chi connectivity index (χ3v) is 4.36. The topological polar surface area (TPSA) is 56.2 Å². The summed E-state index contributed by atoms with van der Waals surface area (Å²) in [7, 11) is 0. The standard InChI is InChI=1S/C22H13NO3/c24-20(15-7-2-1-3-8-15)18-12-13-19(25-18)22-23-17-11-10-14-6-4-5-9-16(14)21(17)26-22/h1-13H. The van der Waals surface area contributed by atoms with Crippen LogP contribution in [0.4, 0.5) is 0 Å². The van der Waals surface area contributed by atoms with E-state index in [9.17, 15) is 4.79 Å². The Labute approximate surface area is 148 Å². The molecule has 0 N–H and O–H groups in total. The van der Waals surface area contributed by atoms with Crippen LogP contribution in [0, 0.1) is 0 Å². The van der Waals surface area contributed by atoms with Gasteiger partial charge in [0.05, 0.1) is 0 Å². The zero-order chi connectivity index (χ0) is 17.5. The van der Waals surface area contributed by atoms with Crippen molar-refractivity contribution in [2.45, 2.75) is 0 Å². The molecule has 0 unspecified atom stereocenters. The molecule has 0 fully saturated rings. The summed E-state index contributed by atoms with van der Waals surface area (Å²) in [5, 5.41) is 2.08. The molecule has 0 radical (unpaired) electrons. The van der Waals surface area contributed by atoms with E-state index in [-0.39, 0.29) is 11.5 Å². The van der Waals surface area contributed by atoms with Crippen molar-refractivity contribution in [1.29, 1.82) is 0 Å². The van der Waals surface area contributed by atoms with Crippen LogP contribution in [0.5, 0.6) is 0 Å². The molecule has 0 aliphatic carbocycles. The number of fused-ring (bicyclic) bond motifs is 3. The molecule has 4 heteroatoms. The first-order chi connectivity index (χ1) is 12.8. The number of hydrogen-bond donors (Lipinski definition) is 0. The average molecular weight is 339 g/mol. The normalized spacial score (nSPS) is 11.2. The van der Waals surface area contributed by atoms with E-state index in [1.165, 1.54) is 0 Å². The maximum atomic E-state index is 12.5. The van der Waals surface area contributed by atoms with Gasteiger partial charge in [-0.25, -0.2) is 4.98 Å². The third kappa shape index (κ3) is 2.31. The van der Waals surface area contributed by atoms with Gasteiger partial charge in [0.1, 0.15) is 5.52 Å². The van der Waals surface area contributed by atoms with Crippen molar-refractivity contribution in [3.63, 3.8) is 0 Å². The second-order valence-corrected chi connectivity index (χ2v) is 6.01. The van der Waals surface area contributed by atoms with E-state index in [2.05, 4.69) is 4.98 Å². The van der Waals surface area contributed by atoms with Gasteiger partial charge in [-0.1, -0.05) is 60.7 Å². The molecule has 5 rings (SSSR count). The smallest absolute Gasteiger partial charge is 0.263 e. The van der Waals surface area contributed by atoms with Crippen molar-refractivity contribution >= 4 is 27.7 Å². The van der Waals surface area contributed by atoms with E-state index in [1.807, 2.05) is 54.6 Å². The maximum absolute atomic E-state index is 12.5. The molecule has 0 saturated carbocycles. The molecule has 2 aromatic heterocycles. The second-order valence-electron chi connectivity index (χ2n) is 6.01. The summed E-state index contributed by atoms with van der Waals surface area (Å²) in [6.45, 7) is 0. The molecule has 5 aromatic rings. The van der Waals surface area contributed by atoms with Crippen LogP contribution in [-0.2, 0) is 0 Å². The van der Waals surface area contributed by atoms with Crippen LogP contribution >= 0.6 is 0 Å². The number of nitrogens with zero attached hydrogens (tertiary/aromatic N) is 1. The predicted octanol–water partition coefficient (Wildman–Crippen LogP) is 5.47. The summed E-state index contributed by atoms with van der Waals surface area (Å²) in [5.41, 5.74) is 2.05. The highest BCUT2D eigenvalue weighted by Gasteiger charge is 2.18. The largest absolute Gasteiger partial charge is 0.448 e. The highest BCUT2D eigenvalue weighted by molar-refractivity contribution is 6.07. The monoisotopic (exact) mass is 339 g/mol. The SMILES string of the molecule is O=C(c1ccccc1)c1ccc(-c2nc3ccc4ccccc4c3o2)o1. The van der Waals surface area contributed by atoms with Gasteiger partial charge >= 0.3 is 0 Å². The van der Waals surface area contributed by atoms with Crippen molar-refractivity contribution in [2.24, 2.45) is 0 Å². The summed E-state index contributed by atoms with van der Waals surface area (Å²) < 4.78 is 11.7. The number of ketones is 1. The highest BCUT2D eigenvalue weighted by Crippen LogP contribution is 2.31.